The van der Waals surface area contributed by atoms with Crippen LogP contribution in [0.5, 0.6) is 0 Å². The average molecular weight is 405 g/mol. The van der Waals surface area contributed by atoms with E-state index in [0.717, 1.165) is 44.3 Å². The zero-order valence-electron chi connectivity index (χ0n) is 15.8. The number of hydrogen-bond acceptors (Lipinski definition) is 4. The Morgan fingerprint density at radius 1 is 0.857 bits per heavy atom. The summed E-state index contributed by atoms with van der Waals surface area (Å²) in [5.74, 6) is -3.65. The Balaban J connectivity index is 0.000000409. The number of aliphatic carboxylic acids is 2. The smallest absolute Gasteiger partial charge is 0.414 e. The van der Waals surface area contributed by atoms with Crippen molar-refractivity contribution in [3.8, 4) is 0 Å². The highest BCUT2D eigenvalue weighted by atomic mass is 35.5. The van der Waals surface area contributed by atoms with E-state index in [1.165, 1.54) is 16.7 Å². The normalized spacial score (nSPS) is 14.8. The van der Waals surface area contributed by atoms with Crippen LogP contribution in [0.25, 0.3) is 0 Å². The molecule has 2 N–H and O–H groups in total. The van der Waals surface area contributed by atoms with Crippen molar-refractivity contribution in [1.29, 1.82) is 0 Å². The van der Waals surface area contributed by atoms with Crippen molar-refractivity contribution in [1.82, 2.24) is 9.80 Å². The maximum absolute atomic E-state index is 9.10. The first-order valence-electron chi connectivity index (χ1n) is 9.04. The summed E-state index contributed by atoms with van der Waals surface area (Å²) in [5, 5.41) is 15.6. The molecule has 0 atom stereocenters. The summed E-state index contributed by atoms with van der Waals surface area (Å²) in [6, 6.07) is 17.0. The Hall–Kier alpha value is -2.41. The molecule has 0 aromatic heterocycles. The molecule has 3 rings (SSSR count). The molecule has 1 saturated heterocycles. The Morgan fingerprint density at radius 3 is 1.82 bits per heavy atom. The van der Waals surface area contributed by atoms with Crippen LogP contribution in [0.4, 0.5) is 0 Å². The number of rotatable bonds is 4. The van der Waals surface area contributed by atoms with Crippen molar-refractivity contribution in [2.75, 3.05) is 26.2 Å². The van der Waals surface area contributed by atoms with Gasteiger partial charge in [-0.25, -0.2) is 9.59 Å². The highest BCUT2D eigenvalue weighted by molar-refractivity contribution is 6.30. The molecule has 0 radical (unpaired) electrons. The van der Waals surface area contributed by atoms with Gasteiger partial charge >= 0.3 is 11.9 Å². The van der Waals surface area contributed by atoms with Gasteiger partial charge in [0.25, 0.3) is 0 Å². The fraction of sp³-hybridized carbons (Fsp3) is 0.333. The van der Waals surface area contributed by atoms with Crippen LogP contribution in [-0.2, 0) is 22.7 Å². The Labute approximate surface area is 170 Å². The van der Waals surface area contributed by atoms with Crippen molar-refractivity contribution in [3.05, 3.63) is 70.2 Å². The third-order valence-electron chi connectivity index (χ3n) is 4.46. The predicted molar refractivity (Wildman–Crippen MR) is 108 cm³/mol. The Kier molecular flexibility index (Phi) is 8.44. The molecular weight excluding hydrogens is 380 g/mol. The maximum atomic E-state index is 9.10. The summed E-state index contributed by atoms with van der Waals surface area (Å²) in [6.07, 6.45) is 0. The van der Waals surface area contributed by atoms with E-state index in [4.69, 9.17) is 31.4 Å². The second-order valence-electron chi connectivity index (χ2n) is 6.78. The van der Waals surface area contributed by atoms with Crippen molar-refractivity contribution in [2.45, 2.75) is 20.0 Å². The number of nitrogens with zero attached hydrogens (tertiary/aromatic N) is 2. The lowest BCUT2D eigenvalue weighted by Gasteiger charge is -2.34. The van der Waals surface area contributed by atoms with E-state index in [1.807, 2.05) is 12.1 Å². The van der Waals surface area contributed by atoms with Gasteiger partial charge < -0.3 is 10.2 Å². The lowest BCUT2D eigenvalue weighted by Crippen LogP contribution is -2.45. The summed E-state index contributed by atoms with van der Waals surface area (Å²) in [7, 11) is 0. The van der Waals surface area contributed by atoms with E-state index in [-0.39, 0.29) is 0 Å². The van der Waals surface area contributed by atoms with Gasteiger partial charge in [-0.2, -0.15) is 0 Å². The number of carbonyl (C=O) groups is 2. The minimum Gasteiger partial charge on any atom is -0.473 e. The average Bonchev–Trinajstić information content (AvgIpc) is 2.66. The van der Waals surface area contributed by atoms with Crippen LogP contribution in [0, 0.1) is 6.92 Å². The molecule has 1 aliphatic rings. The van der Waals surface area contributed by atoms with Gasteiger partial charge in [0, 0.05) is 44.3 Å². The van der Waals surface area contributed by atoms with Gasteiger partial charge in [0.05, 0.1) is 0 Å². The minimum absolute atomic E-state index is 0.812. The van der Waals surface area contributed by atoms with Gasteiger partial charge in [0.15, 0.2) is 0 Å². The number of benzene rings is 2. The van der Waals surface area contributed by atoms with Crippen LogP contribution < -0.4 is 0 Å². The summed E-state index contributed by atoms with van der Waals surface area (Å²) in [4.78, 5) is 23.3. The highest BCUT2D eigenvalue weighted by Gasteiger charge is 2.17. The van der Waals surface area contributed by atoms with E-state index in [9.17, 15) is 0 Å². The number of piperazine rings is 1. The van der Waals surface area contributed by atoms with E-state index in [2.05, 4.69) is 53.1 Å². The largest absolute Gasteiger partial charge is 0.473 e. The number of carboxylic acid groups (broad SMARTS) is 2. The first-order chi connectivity index (χ1) is 13.3. The van der Waals surface area contributed by atoms with Crippen LogP contribution in [0.3, 0.4) is 0 Å². The fourth-order valence-corrected chi connectivity index (χ4v) is 3.15. The molecule has 0 bridgehead atoms. The molecule has 6 nitrogen and oxygen atoms in total. The van der Waals surface area contributed by atoms with Crippen molar-refractivity contribution in [2.24, 2.45) is 0 Å². The van der Waals surface area contributed by atoms with Crippen LogP contribution in [0.1, 0.15) is 16.7 Å². The molecule has 0 aliphatic carbocycles. The molecule has 150 valence electrons. The van der Waals surface area contributed by atoms with Gasteiger partial charge in [0.2, 0.25) is 0 Å². The summed E-state index contributed by atoms with van der Waals surface area (Å²) in [5.41, 5.74) is 4.11. The van der Waals surface area contributed by atoms with Gasteiger partial charge in [-0.3, -0.25) is 9.80 Å². The summed E-state index contributed by atoms with van der Waals surface area (Å²) < 4.78 is 0. The molecule has 0 unspecified atom stereocenters. The van der Waals surface area contributed by atoms with Gasteiger partial charge in [-0.15, -0.1) is 0 Å². The first kappa shape index (κ1) is 21.9. The summed E-state index contributed by atoms with van der Waals surface area (Å²) >= 11 is 5.94. The zero-order valence-corrected chi connectivity index (χ0v) is 16.6. The molecule has 0 spiro atoms. The van der Waals surface area contributed by atoms with E-state index >= 15 is 0 Å². The molecule has 7 heteroatoms. The quantitative estimate of drug-likeness (QED) is 0.762. The third-order valence-corrected chi connectivity index (χ3v) is 4.71. The van der Waals surface area contributed by atoms with Crippen LogP contribution in [0.2, 0.25) is 5.02 Å². The fourth-order valence-electron chi connectivity index (χ4n) is 3.02. The molecule has 2 aromatic carbocycles. The second-order valence-corrected chi connectivity index (χ2v) is 7.21. The Bertz CT molecular complexity index is 775. The standard InChI is InChI=1S/C19H23ClN2.C2H2O4/c1-16-3-2-4-18(13-16)15-22-11-9-21(10-12-22)14-17-5-7-19(20)8-6-17;3-1(4)2(5)6/h2-8,13H,9-12,14-15H2,1H3;(H,3,4)(H,5,6). The molecule has 0 saturated carbocycles. The molecule has 1 aliphatic heterocycles. The van der Waals surface area contributed by atoms with Gasteiger partial charge in [-0.1, -0.05) is 53.6 Å². The van der Waals surface area contributed by atoms with Crippen LogP contribution >= 0.6 is 11.6 Å². The molecule has 1 heterocycles. The number of hydrogen-bond donors (Lipinski definition) is 2. The molecule has 28 heavy (non-hydrogen) atoms. The van der Waals surface area contributed by atoms with E-state index < -0.39 is 11.9 Å². The second kappa shape index (κ2) is 10.8. The monoisotopic (exact) mass is 404 g/mol. The van der Waals surface area contributed by atoms with Gasteiger partial charge in [-0.05, 0) is 30.2 Å². The van der Waals surface area contributed by atoms with Gasteiger partial charge in [0.1, 0.15) is 0 Å². The molecular formula is C21H25ClN2O4. The predicted octanol–water partition coefficient (Wildman–Crippen LogP) is 3.12. The SMILES string of the molecule is Cc1cccc(CN2CCN(Cc3ccc(Cl)cc3)CC2)c1.O=C(O)C(=O)O. The summed E-state index contributed by atoms with van der Waals surface area (Å²) in [6.45, 7) is 8.80. The Morgan fingerprint density at radius 2 is 1.36 bits per heavy atom. The minimum atomic E-state index is -1.82. The van der Waals surface area contributed by atoms with E-state index in [0.29, 0.717) is 0 Å². The number of carboxylic acids is 2. The molecule has 2 aromatic rings. The lowest BCUT2D eigenvalue weighted by molar-refractivity contribution is -0.159. The lowest BCUT2D eigenvalue weighted by atomic mass is 10.1. The molecule has 0 amide bonds. The number of aryl methyl sites for hydroxylation is 1. The number of halogens is 1. The van der Waals surface area contributed by atoms with Crippen LogP contribution in [-0.4, -0.2) is 58.1 Å². The zero-order chi connectivity index (χ0) is 20.5. The van der Waals surface area contributed by atoms with Crippen molar-refractivity contribution < 1.29 is 19.8 Å². The first-order valence-corrected chi connectivity index (χ1v) is 9.42. The topological polar surface area (TPSA) is 81.1 Å². The maximum Gasteiger partial charge on any atom is 0.414 e. The van der Waals surface area contributed by atoms with Crippen molar-refractivity contribution >= 4 is 23.5 Å². The highest BCUT2D eigenvalue weighted by Crippen LogP contribution is 2.14. The molecule has 1 fully saturated rings. The third kappa shape index (κ3) is 7.68. The van der Waals surface area contributed by atoms with Crippen molar-refractivity contribution in [3.63, 3.8) is 0 Å². The van der Waals surface area contributed by atoms with Crippen LogP contribution in [0.15, 0.2) is 48.5 Å². The van der Waals surface area contributed by atoms with E-state index in [1.54, 1.807) is 0 Å².